The summed E-state index contributed by atoms with van der Waals surface area (Å²) < 4.78 is 15.2. The highest BCUT2D eigenvalue weighted by molar-refractivity contribution is 6.06. The minimum Gasteiger partial charge on any atom is -0.322 e. The van der Waals surface area contributed by atoms with Crippen LogP contribution in [0.2, 0.25) is 0 Å². The van der Waals surface area contributed by atoms with Gasteiger partial charge in [0.25, 0.3) is 11.8 Å². The average Bonchev–Trinajstić information content (AvgIpc) is 3.43. The molecule has 1 atom stereocenters. The molecule has 4 amide bonds. The number of rotatable bonds is 4. The number of piperidine rings is 1. The first-order chi connectivity index (χ1) is 16.7. The zero-order valence-corrected chi connectivity index (χ0v) is 19.0. The van der Waals surface area contributed by atoms with Crippen molar-refractivity contribution in [2.24, 2.45) is 0 Å². The van der Waals surface area contributed by atoms with E-state index in [1.54, 1.807) is 31.2 Å². The second-order valence-corrected chi connectivity index (χ2v) is 8.64. The van der Waals surface area contributed by atoms with E-state index >= 15 is 0 Å². The Kier molecular flexibility index (Phi) is 5.39. The standard InChI is InChI=1S/C24H21FN6O4/c1-13-7-15(25)10-17(8-13)29(2)24(35)19-12-31(28-27-19)16-3-4-18-14(9-16)11-30(23(18)34)20-5-6-21(32)26-22(20)33/h3-4,7-10,12,20H,5-6,11H2,1-2H3,(H,26,32,33). The first-order valence-electron chi connectivity index (χ1n) is 11.0. The van der Waals surface area contributed by atoms with Crippen molar-refractivity contribution in [2.45, 2.75) is 32.4 Å². The molecule has 0 radical (unpaired) electrons. The number of imide groups is 1. The van der Waals surface area contributed by atoms with Gasteiger partial charge in [0.05, 0.1) is 11.9 Å². The minimum atomic E-state index is -0.700. The summed E-state index contributed by atoms with van der Waals surface area (Å²) in [6, 6.07) is 8.70. The van der Waals surface area contributed by atoms with Crippen LogP contribution >= 0.6 is 0 Å². The quantitative estimate of drug-likeness (QED) is 0.574. The van der Waals surface area contributed by atoms with Gasteiger partial charge in [-0.1, -0.05) is 5.21 Å². The maximum Gasteiger partial charge on any atom is 0.280 e. The molecule has 3 aromatic rings. The van der Waals surface area contributed by atoms with Crippen molar-refractivity contribution < 1.29 is 23.6 Å². The van der Waals surface area contributed by atoms with Crippen LogP contribution in [0.5, 0.6) is 0 Å². The number of aromatic nitrogens is 3. The van der Waals surface area contributed by atoms with Gasteiger partial charge >= 0.3 is 0 Å². The van der Waals surface area contributed by atoms with Gasteiger partial charge in [0.1, 0.15) is 11.9 Å². The third kappa shape index (κ3) is 4.05. The van der Waals surface area contributed by atoms with Gasteiger partial charge in [-0.2, -0.15) is 0 Å². The molecule has 2 aliphatic rings. The highest BCUT2D eigenvalue weighted by Crippen LogP contribution is 2.29. The van der Waals surface area contributed by atoms with Crippen molar-refractivity contribution in [3.8, 4) is 5.69 Å². The summed E-state index contributed by atoms with van der Waals surface area (Å²) in [4.78, 5) is 52.2. The second-order valence-electron chi connectivity index (χ2n) is 8.64. The Labute approximate surface area is 199 Å². The molecule has 0 aliphatic carbocycles. The van der Waals surface area contributed by atoms with E-state index in [-0.39, 0.29) is 36.9 Å². The van der Waals surface area contributed by atoms with Gasteiger partial charge in [0, 0.05) is 31.3 Å². The molecule has 3 heterocycles. The van der Waals surface area contributed by atoms with Crippen LogP contribution < -0.4 is 10.2 Å². The molecule has 178 valence electrons. The molecular formula is C24H21FN6O4. The molecule has 1 saturated heterocycles. The highest BCUT2D eigenvalue weighted by Gasteiger charge is 2.39. The molecule has 1 fully saturated rings. The van der Waals surface area contributed by atoms with Gasteiger partial charge < -0.3 is 9.80 Å². The fraction of sp³-hybridized carbons (Fsp3) is 0.250. The van der Waals surface area contributed by atoms with Gasteiger partial charge in [0.15, 0.2) is 5.69 Å². The van der Waals surface area contributed by atoms with Crippen LogP contribution in [-0.4, -0.2) is 56.6 Å². The van der Waals surface area contributed by atoms with Crippen molar-refractivity contribution >= 4 is 29.3 Å². The normalized spacial score (nSPS) is 17.4. The maximum absolute atomic E-state index is 13.8. The average molecular weight is 476 g/mol. The first-order valence-corrected chi connectivity index (χ1v) is 11.0. The van der Waals surface area contributed by atoms with Crippen molar-refractivity contribution in [2.75, 3.05) is 11.9 Å². The van der Waals surface area contributed by atoms with Crippen LogP contribution in [0, 0.1) is 12.7 Å². The maximum atomic E-state index is 13.8. The number of carbonyl (C=O) groups excluding carboxylic acids is 4. The predicted octanol–water partition coefficient (Wildman–Crippen LogP) is 1.75. The lowest BCUT2D eigenvalue weighted by atomic mass is 10.0. The second kappa shape index (κ2) is 8.42. The Morgan fingerprint density at radius 3 is 2.71 bits per heavy atom. The Morgan fingerprint density at radius 1 is 1.17 bits per heavy atom. The van der Waals surface area contributed by atoms with Crippen molar-refractivity contribution in [1.82, 2.24) is 25.2 Å². The lowest BCUT2D eigenvalue weighted by Crippen LogP contribution is -2.52. The van der Waals surface area contributed by atoms with E-state index in [0.717, 1.165) is 0 Å². The van der Waals surface area contributed by atoms with E-state index in [1.807, 2.05) is 0 Å². The molecule has 0 saturated carbocycles. The number of nitrogens with one attached hydrogen (secondary N) is 1. The van der Waals surface area contributed by atoms with Gasteiger partial charge in [-0.05, 0) is 60.9 Å². The van der Waals surface area contributed by atoms with Gasteiger partial charge in [0.2, 0.25) is 11.8 Å². The molecular weight excluding hydrogens is 455 g/mol. The number of halogens is 1. The molecule has 10 nitrogen and oxygen atoms in total. The van der Waals surface area contributed by atoms with E-state index in [0.29, 0.717) is 28.1 Å². The molecule has 1 N–H and O–H groups in total. The molecule has 0 spiro atoms. The summed E-state index contributed by atoms with van der Waals surface area (Å²) in [5, 5.41) is 10.3. The number of hydrogen-bond acceptors (Lipinski definition) is 6. The van der Waals surface area contributed by atoms with E-state index < -0.39 is 23.7 Å². The number of fused-ring (bicyclic) bond motifs is 1. The third-order valence-electron chi connectivity index (χ3n) is 6.20. The smallest absolute Gasteiger partial charge is 0.280 e. The molecule has 0 bridgehead atoms. The largest absolute Gasteiger partial charge is 0.322 e. The summed E-state index contributed by atoms with van der Waals surface area (Å²) in [6.07, 6.45) is 1.92. The first kappa shape index (κ1) is 22.4. The Bertz CT molecular complexity index is 1380. The summed E-state index contributed by atoms with van der Waals surface area (Å²) in [6.45, 7) is 1.96. The molecule has 2 aliphatic heterocycles. The number of carbonyl (C=O) groups is 4. The van der Waals surface area contributed by atoms with E-state index in [9.17, 15) is 23.6 Å². The summed E-state index contributed by atoms with van der Waals surface area (Å²) in [5.74, 6) is -1.99. The number of aryl methyl sites for hydroxylation is 1. The van der Waals surface area contributed by atoms with E-state index in [2.05, 4.69) is 15.6 Å². The number of anilines is 1. The monoisotopic (exact) mass is 476 g/mol. The molecule has 1 aromatic heterocycles. The molecule has 2 aromatic carbocycles. The van der Waals surface area contributed by atoms with Crippen molar-refractivity contribution in [1.29, 1.82) is 0 Å². The van der Waals surface area contributed by atoms with Crippen LogP contribution in [0.15, 0.2) is 42.6 Å². The molecule has 1 unspecified atom stereocenters. The van der Waals surface area contributed by atoms with Crippen LogP contribution in [0.25, 0.3) is 5.69 Å². The summed E-state index contributed by atoms with van der Waals surface area (Å²) in [7, 11) is 1.53. The Hall–Kier alpha value is -4.41. The number of amides is 4. The predicted molar refractivity (Wildman–Crippen MR) is 121 cm³/mol. The SMILES string of the molecule is Cc1cc(F)cc(N(C)C(=O)c2cn(-c3ccc4c(c3)CN(C3CCC(=O)NC3=O)C4=O)nn2)c1. The minimum absolute atomic E-state index is 0.0659. The zero-order chi connectivity index (χ0) is 24.9. The van der Waals surface area contributed by atoms with E-state index in [1.165, 1.54) is 39.9 Å². The fourth-order valence-corrected chi connectivity index (χ4v) is 4.39. The lowest BCUT2D eigenvalue weighted by Gasteiger charge is -2.29. The van der Waals surface area contributed by atoms with Crippen LogP contribution in [-0.2, 0) is 16.1 Å². The molecule has 5 rings (SSSR count). The molecule has 35 heavy (non-hydrogen) atoms. The van der Waals surface area contributed by atoms with Crippen molar-refractivity contribution in [3.63, 3.8) is 0 Å². The lowest BCUT2D eigenvalue weighted by molar-refractivity contribution is -0.136. The van der Waals surface area contributed by atoms with Gasteiger partial charge in [-0.15, -0.1) is 5.10 Å². The number of benzene rings is 2. The third-order valence-corrected chi connectivity index (χ3v) is 6.20. The Balaban J connectivity index is 1.36. The summed E-state index contributed by atoms with van der Waals surface area (Å²) >= 11 is 0. The fourth-order valence-electron chi connectivity index (χ4n) is 4.39. The van der Waals surface area contributed by atoms with Crippen LogP contribution in [0.3, 0.4) is 0 Å². The summed E-state index contributed by atoms with van der Waals surface area (Å²) in [5.41, 5.74) is 2.90. The van der Waals surface area contributed by atoms with Crippen LogP contribution in [0.1, 0.15) is 44.8 Å². The van der Waals surface area contributed by atoms with Gasteiger partial charge in [-0.25, -0.2) is 9.07 Å². The van der Waals surface area contributed by atoms with Crippen molar-refractivity contribution in [3.05, 3.63) is 70.8 Å². The van der Waals surface area contributed by atoms with Gasteiger partial charge in [-0.3, -0.25) is 24.5 Å². The molecule has 11 heteroatoms. The number of hydrogen-bond donors (Lipinski definition) is 1. The van der Waals surface area contributed by atoms with E-state index in [4.69, 9.17) is 0 Å². The number of nitrogens with zero attached hydrogens (tertiary/aromatic N) is 5. The highest BCUT2D eigenvalue weighted by atomic mass is 19.1. The topological polar surface area (TPSA) is 118 Å². The zero-order valence-electron chi connectivity index (χ0n) is 19.0. The Morgan fingerprint density at radius 2 is 1.97 bits per heavy atom. The van der Waals surface area contributed by atoms with Crippen LogP contribution in [0.4, 0.5) is 10.1 Å².